The van der Waals surface area contributed by atoms with Crippen LogP contribution in [0.5, 0.6) is 0 Å². The van der Waals surface area contributed by atoms with Gasteiger partial charge in [0.15, 0.2) is 0 Å². The molecule has 1 aromatic heterocycles. The summed E-state index contributed by atoms with van der Waals surface area (Å²) in [6.45, 7) is 0. The van der Waals surface area contributed by atoms with E-state index < -0.39 is 5.41 Å². The molecule has 1 heterocycles. The standard InChI is InChI=1S/C47H31NS/c1-3-17-33(18-4-1)47(34-19-5-2-6-20-34)41-25-11-9-22-37(41)38-30-29-35(31-42(38)47)48(43-26-13-16-32-15-7-8-21-36(32)43)44-27-14-24-40-39-23-10-12-28-45(39)49-46(40)44/h1-31H. The van der Waals surface area contributed by atoms with Gasteiger partial charge in [-0.25, -0.2) is 0 Å². The molecular formula is C47H31NS. The van der Waals surface area contributed by atoms with E-state index in [9.17, 15) is 0 Å². The SMILES string of the molecule is c1ccc(C2(c3ccccc3)c3ccccc3-c3ccc(N(c4cccc5ccccc45)c4cccc5c4sc4ccccc45)cc32)cc1. The fourth-order valence-corrected chi connectivity index (χ4v) is 9.50. The van der Waals surface area contributed by atoms with Crippen LogP contribution in [0.4, 0.5) is 17.1 Å². The summed E-state index contributed by atoms with van der Waals surface area (Å²) in [5, 5.41) is 5.05. The van der Waals surface area contributed by atoms with Crippen molar-refractivity contribution in [3.8, 4) is 11.1 Å². The van der Waals surface area contributed by atoms with Gasteiger partial charge in [-0.05, 0) is 69.1 Å². The molecule has 0 spiro atoms. The molecule has 0 atom stereocenters. The topological polar surface area (TPSA) is 3.24 Å². The number of thiophene rings is 1. The molecule has 0 N–H and O–H groups in total. The first-order valence-corrected chi connectivity index (χ1v) is 17.7. The van der Waals surface area contributed by atoms with Gasteiger partial charge < -0.3 is 4.90 Å². The largest absolute Gasteiger partial charge is 0.308 e. The van der Waals surface area contributed by atoms with Gasteiger partial charge in [-0.1, -0.05) is 158 Å². The molecule has 1 nitrogen and oxygen atoms in total. The number of hydrogen-bond donors (Lipinski definition) is 0. The van der Waals surface area contributed by atoms with Crippen molar-refractivity contribution in [1.29, 1.82) is 0 Å². The maximum absolute atomic E-state index is 2.50. The molecule has 0 aliphatic heterocycles. The third kappa shape index (κ3) is 4.11. The normalized spacial score (nSPS) is 13.1. The van der Waals surface area contributed by atoms with Crippen molar-refractivity contribution in [3.05, 3.63) is 210 Å². The van der Waals surface area contributed by atoms with Crippen LogP contribution in [0.3, 0.4) is 0 Å². The van der Waals surface area contributed by atoms with Gasteiger partial charge in [0.1, 0.15) is 0 Å². The highest BCUT2D eigenvalue weighted by atomic mass is 32.1. The lowest BCUT2D eigenvalue weighted by Gasteiger charge is -2.35. The average molecular weight is 642 g/mol. The van der Waals surface area contributed by atoms with Gasteiger partial charge in [0, 0.05) is 26.5 Å². The van der Waals surface area contributed by atoms with Crippen molar-refractivity contribution >= 4 is 59.3 Å². The summed E-state index contributed by atoms with van der Waals surface area (Å²) in [7, 11) is 0. The van der Waals surface area contributed by atoms with Crippen LogP contribution in [-0.2, 0) is 5.41 Å². The highest BCUT2D eigenvalue weighted by molar-refractivity contribution is 7.26. The highest BCUT2D eigenvalue weighted by Gasteiger charge is 2.46. The molecule has 230 valence electrons. The van der Waals surface area contributed by atoms with E-state index in [0.29, 0.717) is 0 Å². The van der Waals surface area contributed by atoms with Gasteiger partial charge in [0.05, 0.1) is 21.5 Å². The van der Waals surface area contributed by atoms with Gasteiger partial charge in [-0.15, -0.1) is 11.3 Å². The molecule has 0 saturated carbocycles. The molecule has 1 aliphatic rings. The van der Waals surface area contributed by atoms with Crippen LogP contribution in [0.1, 0.15) is 22.3 Å². The Bertz CT molecular complexity index is 2630. The summed E-state index contributed by atoms with van der Waals surface area (Å²) in [6, 6.07) is 69.3. The molecule has 0 amide bonds. The van der Waals surface area contributed by atoms with Crippen molar-refractivity contribution in [2.24, 2.45) is 0 Å². The molecule has 0 saturated heterocycles. The summed E-state index contributed by atoms with van der Waals surface area (Å²) in [4.78, 5) is 2.50. The number of fused-ring (bicyclic) bond motifs is 7. The van der Waals surface area contributed by atoms with Gasteiger partial charge in [-0.2, -0.15) is 0 Å². The van der Waals surface area contributed by atoms with E-state index in [1.807, 2.05) is 11.3 Å². The van der Waals surface area contributed by atoms with Crippen LogP contribution >= 0.6 is 11.3 Å². The summed E-state index contributed by atoms with van der Waals surface area (Å²) in [6.07, 6.45) is 0. The number of nitrogens with zero attached hydrogens (tertiary/aromatic N) is 1. The molecule has 0 bridgehead atoms. The second-order valence-electron chi connectivity index (χ2n) is 12.8. The van der Waals surface area contributed by atoms with Crippen LogP contribution in [0.25, 0.3) is 42.1 Å². The smallest absolute Gasteiger partial charge is 0.0714 e. The van der Waals surface area contributed by atoms with Crippen molar-refractivity contribution < 1.29 is 0 Å². The molecule has 10 rings (SSSR count). The third-order valence-corrected chi connectivity index (χ3v) is 11.5. The number of hydrogen-bond acceptors (Lipinski definition) is 2. The minimum Gasteiger partial charge on any atom is -0.308 e. The third-order valence-electron chi connectivity index (χ3n) is 10.3. The van der Waals surface area contributed by atoms with Crippen molar-refractivity contribution in [2.75, 3.05) is 4.90 Å². The van der Waals surface area contributed by atoms with Crippen LogP contribution in [0.2, 0.25) is 0 Å². The number of anilines is 3. The molecule has 2 heteroatoms. The highest BCUT2D eigenvalue weighted by Crippen LogP contribution is 2.57. The molecule has 8 aromatic carbocycles. The molecule has 1 aliphatic carbocycles. The van der Waals surface area contributed by atoms with Crippen LogP contribution in [-0.4, -0.2) is 0 Å². The number of benzene rings is 8. The fraction of sp³-hybridized carbons (Fsp3) is 0.0213. The van der Waals surface area contributed by atoms with E-state index in [0.717, 1.165) is 5.69 Å². The predicted molar refractivity (Wildman–Crippen MR) is 209 cm³/mol. The summed E-state index contributed by atoms with van der Waals surface area (Å²) in [5.41, 5.74) is 10.8. The fourth-order valence-electron chi connectivity index (χ4n) is 8.29. The quantitative estimate of drug-likeness (QED) is 0.181. The zero-order chi connectivity index (χ0) is 32.4. The van der Waals surface area contributed by atoms with E-state index in [4.69, 9.17) is 0 Å². The molecule has 0 unspecified atom stereocenters. The Morgan fingerprint density at radius 3 is 1.82 bits per heavy atom. The Hall–Kier alpha value is -5.96. The van der Waals surface area contributed by atoms with E-state index >= 15 is 0 Å². The number of rotatable bonds is 5. The van der Waals surface area contributed by atoms with Crippen LogP contribution in [0, 0.1) is 0 Å². The second kappa shape index (κ2) is 11.1. The Balaban J connectivity index is 1.31. The summed E-state index contributed by atoms with van der Waals surface area (Å²) < 4.78 is 2.59. The van der Waals surface area contributed by atoms with Gasteiger partial charge >= 0.3 is 0 Å². The zero-order valence-corrected chi connectivity index (χ0v) is 27.6. The lowest BCUT2D eigenvalue weighted by Crippen LogP contribution is -2.28. The molecule has 49 heavy (non-hydrogen) atoms. The molecule has 0 radical (unpaired) electrons. The Morgan fingerprint density at radius 2 is 1.00 bits per heavy atom. The Kier molecular flexibility index (Phi) is 6.34. The van der Waals surface area contributed by atoms with Crippen LogP contribution < -0.4 is 4.90 Å². The van der Waals surface area contributed by atoms with E-state index in [1.165, 1.54) is 75.7 Å². The van der Waals surface area contributed by atoms with Gasteiger partial charge in [-0.3, -0.25) is 0 Å². The van der Waals surface area contributed by atoms with Gasteiger partial charge in [0.25, 0.3) is 0 Å². The maximum Gasteiger partial charge on any atom is 0.0714 e. The van der Waals surface area contributed by atoms with Crippen molar-refractivity contribution in [3.63, 3.8) is 0 Å². The van der Waals surface area contributed by atoms with E-state index in [2.05, 4.69) is 193 Å². The lowest BCUT2D eigenvalue weighted by atomic mass is 9.67. The Labute approximate surface area is 290 Å². The maximum atomic E-state index is 2.50. The van der Waals surface area contributed by atoms with Gasteiger partial charge in [0.2, 0.25) is 0 Å². The van der Waals surface area contributed by atoms with E-state index in [-0.39, 0.29) is 0 Å². The minimum atomic E-state index is -0.474. The molecule has 9 aromatic rings. The van der Waals surface area contributed by atoms with Crippen molar-refractivity contribution in [1.82, 2.24) is 0 Å². The first-order valence-electron chi connectivity index (χ1n) is 16.9. The van der Waals surface area contributed by atoms with E-state index in [1.54, 1.807) is 0 Å². The molecular weight excluding hydrogens is 611 g/mol. The summed E-state index contributed by atoms with van der Waals surface area (Å²) >= 11 is 1.88. The zero-order valence-electron chi connectivity index (χ0n) is 26.8. The molecule has 0 fully saturated rings. The lowest BCUT2D eigenvalue weighted by molar-refractivity contribution is 0.768. The average Bonchev–Trinajstić information content (AvgIpc) is 3.70. The Morgan fingerprint density at radius 1 is 0.408 bits per heavy atom. The minimum absolute atomic E-state index is 0.474. The predicted octanol–water partition coefficient (Wildman–Crippen LogP) is 13.0. The first-order chi connectivity index (χ1) is 24.3. The van der Waals surface area contributed by atoms with Crippen LogP contribution in [0.15, 0.2) is 188 Å². The summed E-state index contributed by atoms with van der Waals surface area (Å²) in [5.74, 6) is 0. The monoisotopic (exact) mass is 641 g/mol. The first kappa shape index (κ1) is 28.1. The second-order valence-corrected chi connectivity index (χ2v) is 13.9. The van der Waals surface area contributed by atoms with Crippen molar-refractivity contribution in [2.45, 2.75) is 5.41 Å².